The molecule has 0 fully saturated rings. The molecule has 0 aliphatic carbocycles. The number of benzene rings is 2. The van der Waals surface area contributed by atoms with Gasteiger partial charge in [0, 0.05) is 0 Å². The second kappa shape index (κ2) is 6.13. The topological polar surface area (TPSA) is 47.1 Å². The molecule has 4 nitrogen and oxygen atoms in total. The molecule has 0 atom stereocenters. The average molecular weight is 280 g/mol. The number of nitrogens with one attached hydrogen (secondary N) is 1. The van der Waals surface area contributed by atoms with Gasteiger partial charge in [-0.05, 0) is 23.3 Å². The number of hydrogen-bond donors (Lipinski definition) is 1. The van der Waals surface area contributed by atoms with Crippen LogP contribution in [0.5, 0.6) is 11.6 Å². The summed E-state index contributed by atoms with van der Waals surface area (Å²) in [5.74, 6) is 1.47. The molecule has 0 bridgehead atoms. The third-order valence-electron chi connectivity index (χ3n) is 3.21. The maximum atomic E-state index is 5.83. The Kier molecular flexibility index (Phi) is 3.87. The molecule has 1 N–H and O–H groups in total. The van der Waals surface area contributed by atoms with Crippen molar-refractivity contribution >= 4 is 0 Å². The lowest BCUT2D eigenvalue weighted by molar-refractivity contribution is 0.294. The number of aromatic amines is 1. The van der Waals surface area contributed by atoms with Crippen LogP contribution < -0.4 is 9.47 Å². The lowest BCUT2D eigenvalue weighted by atomic mass is 10.1. The summed E-state index contributed by atoms with van der Waals surface area (Å²) in [5.41, 5.74) is 3.04. The Bertz CT molecular complexity index is 708. The lowest BCUT2D eigenvalue weighted by Crippen LogP contribution is -1.96. The van der Waals surface area contributed by atoms with Crippen molar-refractivity contribution in [3.05, 3.63) is 66.4 Å². The van der Waals surface area contributed by atoms with Gasteiger partial charge in [0.25, 0.3) is 0 Å². The Morgan fingerprint density at radius 3 is 2.71 bits per heavy atom. The van der Waals surface area contributed by atoms with Gasteiger partial charge in [-0.15, -0.1) is 0 Å². The highest BCUT2D eigenvalue weighted by molar-refractivity contribution is 5.69. The van der Waals surface area contributed by atoms with Crippen molar-refractivity contribution in [2.45, 2.75) is 6.61 Å². The standard InChI is InChI=1S/C17H16N2O2/c1-20-15-9-5-8-14(10-15)16-11-18-19-17(16)21-12-13-6-3-2-4-7-13/h2-11H,12H2,1H3,(H,18,19). The van der Waals surface area contributed by atoms with Gasteiger partial charge < -0.3 is 9.47 Å². The predicted octanol–water partition coefficient (Wildman–Crippen LogP) is 3.66. The van der Waals surface area contributed by atoms with Crippen molar-refractivity contribution in [2.75, 3.05) is 7.11 Å². The van der Waals surface area contributed by atoms with E-state index in [-0.39, 0.29) is 0 Å². The van der Waals surface area contributed by atoms with Gasteiger partial charge in [0.15, 0.2) is 0 Å². The first-order valence-electron chi connectivity index (χ1n) is 6.71. The molecule has 0 unspecified atom stereocenters. The van der Waals surface area contributed by atoms with E-state index in [4.69, 9.17) is 9.47 Å². The number of aromatic nitrogens is 2. The van der Waals surface area contributed by atoms with E-state index in [9.17, 15) is 0 Å². The normalized spacial score (nSPS) is 10.3. The minimum absolute atomic E-state index is 0.500. The number of nitrogens with zero attached hydrogens (tertiary/aromatic N) is 1. The molecule has 1 heterocycles. The summed E-state index contributed by atoms with van der Waals surface area (Å²) < 4.78 is 11.1. The fourth-order valence-electron chi connectivity index (χ4n) is 2.11. The van der Waals surface area contributed by atoms with E-state index >= 15 is 0 Å². The van der Waals surface area contributed by atoms with E-state index in [0.29, 0.717) is 12.5 Å². The largest absolute Gasteiger partial charge is 0.497 e. The molecule has 0 amide bonds. The predicted molar refractivity (Wildman–Crippen MR) is 81.3 cm³/mol. The van der Waals surface area contributed by atoms with Crippen molar-refractivity contribution in [1.29, 1.82) is 0 Å². The molecule has 0 saturated heterocycles. The molecular formula is C17H16N2O2. The molecule has 4 heteroatoms. The van der Waals surface area contributed by atoms with Gasteiger partial charge in [-0.25, -0.2) is 5.10 Å². The molecule has 3 rings (SSSR count). The van der Waals surface area contributed by atoms with Crippen LogP contribution in [0.2, 0.25) is 0 Å². The SMILES string of the molecule is COc1cccc(-c2cn[nH]c2OCc2ccccc2)c1. The zero-order chi connectivity index (χ0) is 14.5. The van der Waals surface area contributed by atoms with Crippen molar-refractivity contribution in [3.63, 3.8) is 0 Å². The summed E-state index contributed by atoms with van der Waals surface area (Å²) in [5, 5.41) is 6.97. The molecular weight excluding hydrogens is 264 g/mol. The molecule has 0 spiro atoms. The second-order valence-corrected chi connectivity index (χ2v) is 4.62. The summed E-state index contributed by atoms with van der Waals surface area (Å²) >= 11 is 0. The molecule has 3 aromatic rings. The van der Waals surface area contributed by atoms with Gasteiger partial charge in [-0.1, -0.05) is 42.5 Å². The van der Waals surface area contributed by atoms with Gasteiger partial charge in [-0.2, -0.15) is 5.10 Å². The monoisotopic (exact) mass is 280 g/mol. The Morgan fingerprint density at radius 1 is 1.05 bits per heavy atom. The lowest BCUT2D eigenvalue weighted by Gasteiger charge is -2.07. The molecule has 0 aliphatic heterocycles. The van der Waals surface area contributed by atoms with Crippen LogP contribution in [-0.2, 0) is 6.61 Å². The van der Waals surface area contributed by atoms with Gasteiger partial charge in [0.1, 0.15) is 12.4 Å². The van der Waals surface area contributed by atoms with Gasteiger partial charge in [0.2, 0.25) is 5.88 Å². The van der Waals surface area contributed by atoms with E-state index in [1.807, 2.05) is 54.6 Å². The van der Waals surface area contributed by atoms with E-state index in [1.165, 1.54) is 0 Å². The minimum atomic E-state index is 0.500. The zero-order valence-corrected chi connectivity index (χ0v) is 11.7. The minimum Gasteiger partial charge on any atom is -0.497 e. The number of rotatable bonds is 5. The van der Waals surface area contributed by atoms with Crippen LogP contribution in [0.15, 0.2) is 60.8 Å². The molecule has 21 heavy (non-hydrogen) atoms. The van der Waals surface area contributed by atoms with Crippen LogP contribution in [0.25, 0.3) is 11.1 Å². The van der Waals surface area contributed by atoms with Gasteiger partial charge >= 0.3 is 0 Å². The van der Waals surface area contributed by atoms with E-state index in [1.54, 1.807) is 13.3 Å². The fourth-order valence-corrected chi connectivity index (χ4v) is 2.11. The summed E-state index contributed by atoms with van der Waals surface area (Å²) in [4.78, 5) is 0. The van der Waals surface area contributed by atoms with Crippen molar-refractivity contribution in [2.24, 2.45) is 0 Å². The Hall–Kier alpha value is -2.75. The highest BCUT2D eigenvalue weighted by atomic mass is 16.5. The maximum Gasteiger partial charge on any atom is 0.217 e. The van der Waals surface area contributed by atoms with Crippen LogP contribution in [0, 0.1) is 0 Å². The molecule has 2 aromatic carbocycles. The molecule has 0 aliphatic rings. The number of hydrogen-bond acceptors (Lipinski definition) is 3. The molecule has 106 valence electrons. The summed E-state index contributed by atoms with van der Waals surface area (Å²) in [7, 11) is 1.65. The number of ether oxygens (including phenoxy) is 2. The van der Waals surface area contributed by atoms with Crippen LogP contribution in [0.1, 0.15) is 5.56 Å². The first-order valence-corrected chi connectivity index (χ1v) is 6.71. The average Bonchev–Trinajstić information content (AvgIpc) is 3.02. The third kappa shape index (κ3) is 3.05. The van der Waals surface area contributed by atoms with Crippen LogP contribution in [0.3, 0.4) is 0 Å². The van der Waals surface area contributed by atoms with Crippen molar-refractivity contribution in [3.8, 4) is 22.8 Å². The highest BCUT2D eigenvalue weighted by Gasteiger charge is 2.10. The van der Waals surface area contributed by atoms with Crippen LogP contribution in [0.4, 0.5) is 0 Å². The summed E-state index contributed by atoms with van der Waals surface area (Å²) in [6.07, 6.45) is 1.76. The first kappa shape index (κ1) is 13.2. The van der Waals surface area contributed by atoms with Gasteiger partial charge in [0.05, 0.1) is 18.9 Å². The quantitative estimate of drug-likeness (QED) is 0.775. The Balaban J connectivity index is 1.80. The van der Waals surface area contributed by atoms with E-state index < -0.39 is 0 Å². The summed E-state index contributed by atoms with van der Waals surface area (Å²) in [6.45, 7) is 0.500. The smallest absolute Gasteiger partial charge is 0.217 e. The molecule has 0 radical (unpaired) electrons. The molecule has 1 aromatic heterocycles. The molecule has 0 saturated carbocycles. The number of methoxy groups -OCH3 is 1. The maximum absolute atomic E-state index is 5.83. The first-order chi connectivity index (χ1) is 10.4. The number of H-pyrrole nitrogens is 1. The summed E-state index contributed by atoms with van der Waals surface area (Å²) in [6, 6.07) is 17.9. The van der Waals surface area contributed by atoms with Crippen LogP contribution >= 0.6 is 0 Å². The highest BCUT2D eigenvalue weighted by Crippen LogP contribution is 2.30. The zero-order valence-electron chi connectivity index (χ0n) is 11.7. The van der Waals surface area contributed by atoms with Crippen molar-refractivity contribution < 1.29 is 9.47 Å². The Morgan fingerprint density at radius 2 is 1.90 bits per heavy atom. The third-order valence-corrected chi connectivity index (χ3v) is 3.21. The van der Waals surface area contributed by atoms with E-state index in [0.717, 1.165) is 22.4 Å². The van der Waals surface area contributed by atoms with Gasteiger partial charge in [-0.3, -0.25) is 0 Å². The second-order valence-electron chi connectivity index (χ2n) is 4.62. The van der Waals surface area contributed by atoms with E-state index in [2.05, 4.69) is 10.2 Å². The fraction of sp³-hybridized carbons (Fsp3) is 0.118. The Labute approximate surface area is 123 Å². The van der Waals surface area contributed by atoms with Crippen molar-refractivity contribution in [1.82, 2.24) is 10.2 Å². The van der Waals surface area contributed by atoms with Crippen LogP contribution in [-0.4, -0.2) is 17.3 Å².